The van der Waals surface area contributed by atoms with E-state index in [0.717, 1.165) is 46.3 Å². The highest BCUT2D eigenvalue weighted by Crippen LogP contribution is 2.34. The summed E-state index contributed by atoms with van der Waals surface area (Å²) in [6.45, 7) is 50.9. The van der Waals surface area contributed by atoms with E-state index in [1.807, 2.05) is 36.1 Å². The Labute approximate surface area is 343 Å². The number of rotatable bonds is 5. The summed E-state index contributed by atoms with van der Waals surface area (Å²) in [5, 5.41) is 0. The van der Waals surface area contributed by atoms with Crippen LogP contribution in [0.4, 0.5) is 0 Å². The van der Waals surface area contributed by atoms with Crippen molar-refractivity contribution in [1.82, 2.24) is 24.9 Å². The summed E-state index contributed by atoms with van der Waals surface area (Å²) in [4.78, 5) is 25.2. The van der Waals surface area contributed by atoms with Crippen LogP contribution in [-0.2, 0) is 21.7 Å². The van der Waals surface area contributed by atoms with Gasteiger partial charge in [-0.15, -0.1) is 11.3 Å². The number of aliphatic imine (C=N–C) groups is 1. The monoisotopic (exact) mass is 779 g/mol. The average Bonchev–Trinajstić information content (AvgIpc) is 3.94. The molecule has 0 atom stereocenters. The summed E-state index contributed by atoms with van der Waals surface area (Å²) in [5.41, 5.74) is 11.3. The minimum atomic E-state index is 0.0139. The lowest BCUT2D eigenvalue weighted by Crippen LogP contribution is -2.13. The zero-order valence-corrected chi connectivity index (χ0v) is 38.0. The molecule has 0 aliphatic carbocycles. The van der Waals surface area contributed by atoms with Crippen LogP contribution in [0.1, 0.15) is 155 Å². The van der Waals surface area contributed by atoms with Crippen LogP contribution in [0.25, 0.3) is 24.3 Å². The molecule has 0 unspecified atom stereocenters. The zero-order valence-electron chi connectivity index (χ0n) is 37.2. The molecule has 0 radical (unpaired) electrons. The normalized spacial score (nSPS) is 12.7. The molecule has 1 aliphatic rings. The summed E-state index contributed by atoms with van der Waals surface area (Å²) in [6.07, 6.45) is 16.9. The van der Waals surface area contributed by atoms with Crippen LogP contribution >= 0.6 is 11.3 Å². The van der Waals surface area contributed by atoms with Gasteiger partial charge in [-0.1, -0.05) is 137 Å². The minimum absolute atomic E-state index is 0.0139. The second-order valence-electron chi connectivity index (χ2n) is 18.4. The van der Waals surface area contributed by atoms with Crippen molar-refractivity contribution in [2.24, 2.45) is 10.4 Å². The van der Waals surface area contributed by atoms with E-state index >= 15 is 0 Å². The molecule has 5 heterocycles. The molecule has 56 heavy (non-hydrogen) atoms. The van der Waals surface area contributed by atoms with Gasteiger partial charge in [-0.3, -0.25) is 9.98 Å². The van der Waals surface area contributed by atoms with Gasteiger partial charge >= 0.3 is 0 Å². The number of oxazole rings is 1. The molecule has 7 nitrogen and oxygen atoms in total. The standard InChI is InChI=1S/C11H15N.C10H15N.C9H14N2.C9H13NO.C9H13NS/c1-5-10-8-9(6-7-12-10)11(2,3)4;1-5-9-8(6-7-11-9)10(2,3)4;3*1-5-7-8(9(2,3)4)11-6-10-7/h5-8H,1H2,2-4H3;5,7H,1,6H2,2-4H3;5-6H,1H2,2-4H3,(H,10,11);2*5-6H,1H2,2-4H3. The van der Waals surface area contributed by atoms with Crippen LogP contribution in [0.5, 0.6) is 0 Å². The first-order chi connectivity index (χ1) is 25.8. The maximum atomic E-state index is 5.24. The van der Waals surface area contributed by atoms with Gasteiger partial charge in [-0.2, -0.15) is 0 Å². The first-order valence-electron chi connectivity index (χ1n) is 19.0. The van der Waals surface area contributed by atoms with Crippen LogP contribution in [-0.4, -0.2) is 31.1 Å². The Morgan fingerprint density at radius 3 is 1.64 bits per heavy atom. The maximum absolute atomic E-state index is 5.24. The maximum Gasteiger partial charge on any atom is 0.181 e. The number of nitrogens with one attached hydrogen (secondary N) is 1. The van der Waals surface area contributed by atoms with Crippen molar-refractivity contribution in [2.45, 2.75) is 132 Å². The highest BCUT2D eigenvalue weighted by Gasteiger charge is 2.23. The smallest absolute Gasteiger partial charge is 0.181 e. The molecule has 4 aromatic rings. The number of nitrogens with zero attached hydrogens (tertiary/aromatic N) is 5. The van der Waals surface area contributed by atoms with Gasteiger partial charge in [0.2, 0.25) is 0 Å². The van der Waals surface area contributed by atoms with E-state index < -0.39 is 0 Å². The fourth-order valence-corrected chi connectivity index (χ4v) is 6.18. The zero-order chi connectivity index (χ0) is 43.1. The molecule has 304 valence electrons. The summed E-state index contributed by atoms with van der Waals surface area (Å²) in [7, 11) is 0. The number of aromatic amines is 1. The Balaban J connectivity index is 0.000000350. The highest BCUT2D eigenvalue weighted by molar-refractivity contribution is 7.10. The first-order valence-corrected chi connectivity index (χ1v) is 19.9. The predicted molar refractivity (Wildman–Crippen MR) is 246 cm³/mol. The van der Waals surface area contributed by atoms with Gasteiger partial charge in [0.05, 0.1) is 34.6 Å². The lowest BCUT2D eigenvalue weighted by atomic mass is 9.84. The van der Waals surface area contributed by atoms with E-state index in [0.29, 0.717) is 0 Å². The molecule has 5 rings (SSSR count). The first kappa shape index (κ1) is 49.3. The van der Waals surface area contributed by atoms with Gasteiger partial charge in [0.25, 0.3) is 0 Å². The third-order valence-corrected chi connectivity index (χ3v) is 9.61. The number of imidazole rings is 1. The summed E-state index contributed by atoms with van der Waals surface area (Å²) < 4.78 is 5.24. The molecule has 0 bridgehead atoms. The summed E-state index contributed by atoms with van der Waals surface area (Å²) in [6, 6.07) is 4.12. The number of pyridine rings is 1. The van der Waals surface area contributed by atoms with Crippen molar-refractivity contribution in [3.05, 3.63) is 131 Å². The lowest BCUT2D eigenvalue weighted by Gasteiger charge is -2.20. The highest BCUT2D eigenvalue weighted by atomic mass is 32.1. The van der Waals surface area contributed by atoms with Crippen LogP contribution in [0.15, 0.2) is 96.2 Å². The van der Waals surface area contributed by atoms with Gasteiger partial charge in [0, 0.05) is 40.2 Å². The largest absolute Gasteiger partial charge is 0.447 e. The van der Waals surface area contributed by atoms with E-state index in [9.17, 15) is 0 Å². The Morgan fingerprint density at radius 1 is 0.643 bits per heavy atom. The molecule has 0 aromatic carbocycles. The van der Waals surface area contributed by atoms with Crippen molar-refractivity contribution in [1.29, 1.82) is 0 Å². The lowest BCUT2D eigenvalue weighted by molar-refractivity contribution is 0.407. The van der Waals surface area contributed by atoms with Crippen molar-refractivity contribution in [2.75, 3.05) is 0 Å². The Bertz CT molecular complexity index is 1800. The predicted octanol–water partition coefficient (Wildman–Crippen LogP) is 14.0. The molecule has 0 saturated heterocycles. The Hall–Kier alpha value is -4.69. The second kappa shape index (κ2) is 21.0. The van der Waals surface area contributed by atoms with Crippen molar-refractivity contribution < 1.29 is 4.42 Å². The summed E-state index contributed by atoms with van der Waals surface area (Å²) >= 11 is 1.70. The fraction of sp³-hybridized carbons (Fsp3) is 0.438. The molecule has 8 heteroatoms. The van der Waals surface area contributed by atoms with Gasteiger partial charge in [0.15, 0.2) is 6.39 Å². The molecule has 0 amide bonds. The molecular weight excluding hydrogens is 709 g/mol. The van der Waals surface area contributed by atoms with E-state index in [1.54, 1.807) is 35.9 Å². The van der Waals surface area contributed by atoms with Crippen LogP contribution in [0, 0.1) is 5.41 Å². The van der Waals surface area contributed by atoms with Crippen LogP contribution < -0.4 is 0 Å². The molecule has 0 spiro atoms. The van der Waals surface area contributed by atoms with E-state index in [2.05, 4.69) is 173 Å². The third-order valence-electron chi connectivity index (χ3n) is 8.34. The number of hydrogen-bond acceptors (Lipinski definition) is 7. The SMILES string of the molecule is C=CC1=C(C(C)(C)C)CC=N1.C=Cc1cc(C(C)(C)C)ccn1.C=Cc1nc[nH]c1C(C)(C)C.C=Cc1ncoc1C(C)(C)C.C=Cc1ncsc1C(C)(C)C. The quantitative estimate of drug-likeness (QED) is 0.218. The van der Waals surface area contributed by atoms with Crippen LogP contribution in [0.2, 0.25) is 0 Å². The molecule has 1 N–H and O–H groups in total. The number of thiazole rings is 1. The molecule has 4 aromatic heterocycles. The van der Waals surface area contributed by atoms with Crippen LogP contribution in [0.3, 0.4) is 0 Å². The van der Waals surface area contributed by atoms with E-state index in [1.165, 1.54) is 22.4 Å². The Morgan fingerprint density at radius 2 is 1.25 bits per heavy atom. The van der Waals surface area contributed by atoms with Gasteiger partial charge in [-0.25, -0.2) is 15.0 Å². The molecule has 1 aliphatic heterocycles. The number of H-pyrrole nitrogens is 1. The molecule has 0 fully saturated rings. The van der Waals surface area contributed by atoms with Crippen molar-refractivity contribution in [3.8, 4) is 0 Å². The van der Waals surface area contributed by atoms with E-state index in [4.69, 9.17) is 4.42 Å². The number of hydrogen-bond donors (Lipinski definition) is 1. The van der Waals surface area contributed by atoms with E-state index in [-0.39, 0.29) is 27.1 Å². The number of allylic oxidation sites excluding steroid dienone is 2. The third kappa shape index (κ3) is 15.8. The minimum Gasteiger partial charge on any atom is -0.447 e. The van der Waals surface area contributed by atoms with Crippen molar-refractivity contribution in [3.63, 3.8) is 0 Å². The summed E-state index contributed by atoms with van der Waals surface area (Å²) in [5.74, 6) is 0.896. The van der Waals surface area contributed by atoms with Crippen molar-refractivity contribution >= 4 is 41.9 Å². The molecule has 0 saturated carbocycles. The number of aromatic nitrogens is 5. The molecular formula is C48H70N6OS. The fourth-order valence-electron chi connectivity index (χ4n) is 5.29. The van der Waals surface area contributed by atoms with Gasteiger partial charge < -0.3 is 9.40 Å². The van der Waals surface area contributed by atoms with Gasteiger partial charge in [-0.05, 0) is 69.9 Å². The topological polar surface area (TPSA) is 92.8 Å². The Kier molecular flexibility index (Phi) is 18.5. The second-order valence-corrected chi connectivity index (χ2v) is 19.3. The average molecular weight is 779 g/mol. The van der Waals surface area contributed by atoms with Gasteiger partial charge in [0.1, 0.15) is 11.5 Å².